The average Bonchev–Trinajstić information content (AvgIpc) is 2.77. The van der Waals surface area contributed by atoms with E-state index in [2.05, 4.69) is 17.1 Å². The Bertz CT molecular complexity index is 465. The maximum absolute atomic E-state index is 5.58. The topological polar surface area (TPSA) is 74.2 Å². The number of nitrogen functional groups attached to an aromatic ring is 1. The summed E-state index contributed by atoms with van der Waals surface area (Å²) in [6, 6.07) is 7.19. The van der Waals surface area contributed by atoms with Crippen LogP contribution in [0.15, 0.2) is 28.8 Å². The van der Waals surface area contributed by atoms with Gasteiger partial charge in [-0.25, -0.2) is 0 Å². The lowest BCUT2D eigenvalue weighted by molar-refractivity contribution is 0.285. The third-order valence-electron chi connectivity index (χ3n) is 2.22. The van der Waals surface area contributed by atoms with Crippen LogP contribution in [0.5, 0.6) is 5.75 Å². The van der Waals surface area contributed by atoms with E-state index in [-0.39, 0.29) is 0 Å². The molecule has 0 saturated heterocycles. The molecule has 0 bridgehead atoms. The van der Waals surface area contributed by atoms with Gasteiger partial charge in [-0.1, -0.05) is 12.1 Å². The third-order valence-corrected chi connectivity index (χ3v) is 2.22. The highest BCUT2D eigenvalue weighted by Crippen LogP contribution is 2.14. The molecule has 0 fully saturated rings. The van der Waals surface area contributed by atoms with Gasteiger partial charge in [0.2, 0.25) is 11.7 Å². The Morgan fingerprint density at radius 2 is 2.06 bits per heavy atom. The van der Waals surface area contributed by atoms with E-state index < -0.39 is 0 Å². The highest BCUT2D eigenvalue weighted by Gasteiger charge is 2.05. The number of hydrogen-bond donors (Lipinski definition) is 1. The smallest absolute Gasteiger partial charge is 0.226 e. The van der Waals surface area contributed by atoms with E-state index in [9.17, 15) is 0 Å². The largest absolute Gasteiger partial charge is 0.485 e. The second-order valence-electron chi connectivity index (χ2n) is 3.71. The maximum Gasteiger partial charge on any atom is 0.226 e. The van der Waals surface area contributed by atoms with Crippen molar-refractivity contribution in [2.45, 2.75) is 26.4 Å². The number of nitrogens with two attached hydrogens (primary N) is 1. The molecule has 90 valence electrons. The standard InChI is InChI=1S/C12H15N3O2/c1-2-3-12-14-11(15-17-12)8-16-10-6-4-9(13)5-7-10/h4-7H,2-3,8,13H2,1H3. The first-order valence-corrected chi connectivity index (χ1v) is 5.57. The molecular formula is C12H15N3O2. The highest BCUT2D eigenvalue weighted by molar-refractivity contribution is 5.41. The fraction of sp³-hybridized carbons (Fsp3) is 0.333. The van der Waals surface area contributed by atoms with Gasteiger partial charge in [0.15, 0.2) is 6.61 Å². The number of aryl methyl sites for hydroxylation is 1. The first-order valence-electron chi connectivity index (χ1n) is 5.57. The Labute approximate surface area is 99.6 Å². The van der Waals surface area contributed by atoms with Crippen LogP contribution >= 0.6 is 0 Å². The lowest BCUT2D eigenvalue weighted by Crippen LogP contribution is -1.98. The van der Waals surface area contributed by atoms with Crippen LogP contribution in [0.2, 0.25) is 0 Å². The molecule has 5 nitrogen and oxygen atoms in total. The summed E-state index contributed by atoms with van der Waals surface area (Å²) in [5.41, 5.74) is 6.29. The van der Waals surface area contributed by atoms with Crippen molar-refractivity contribution in [3.05, 3.63) is 36.0 Å². The Morgan fingerprint density at radius 3 is 2.76 bits per heavy atom. The van der Waals surface area contributed by atoms with E-state index in [1.165, 1.54) is 0 Å². The zero-order valence-electron chi connectivity index (χ0n) is 9.72. The lowest BCUT2D eigenvalue weighted by atomic mass is 10.3. The highest BCUT2D eigenvalue weighted by atomic mass is 16.5. The van der Waals surface area contributed by atoms with Crippen molar-refractivity contribution >= 4 is 5.69 Å². The van der Waals surface area contributed by atoms with Crippen molar-refractivity contribution in [1.29, 1.82) is 0 Å². The zero-order valence-corrected chi connectivity index (χ0v) is 9.72. The molecular weight excluding hydrogens is 218 g/mol. The van der Waals surface area contributed by atoms with E-state index >= 15 is 0 Å². The van der Waals surface area contributed by atoms with E-state index in [0.717, 1.165) is 18.6 Å². The number of benzene rings is 1. The van der Waals surface area contributed by atoms with Crippen LogP contribution in [0.3, 0.4) is 0 Å². The van der Waals surface area contributed by atoms with Crippen molar-refractivity contribution in [3.63, 3.8) is 0 Å². The number of aromatic nitrogens is 2. The third kappa shape index (κ3) is 3.21. The molecule has 17 heavy (non-hydrogen) atoms. The van der Waals surface area contributed by atoms with Crippen molar-refractivity contribution in [1.82, 2.24) is 10.1 Å². The molecule has 1 aromatic heterocycles. The quantitative estimate of drug-likeness (QED) is 0.801. The molecule has 1 aromatic carbocycles. The molecule has 2 rings (SSSR count). The molecule has 0 unspecified atom stereocenters. The van der Waals surface area contributed by atoms with Gasteiger partial charge in [0.25, 0.3) is 0 Å². The Kier molecular flexibility index (Phi) is 3.59. The predicted octanol–water partition coefficient (Wildman–Crippen LogP) is 2.18. The number of anilines is 1. The Hall–Kier alpha value is -2.04. The molecule has 2 N–H and O–H groups in total. The monoisotopic (exact) mass is 233 g/mol. The minimum absolute atomic E-state index is 0.303. The van der Waals surface area contributed by atoms with Crippen molar-refractivity contribution in [3.8, 4) is 5.75 Å². The number of ether oxygens (including phenoxy) is 1. The van der Waals surface area contributed by atoms with Gasteiger partial charge < -0.3 is 15.0 Å². The second-order valence-corrected chi connectivity index (χ2v) is 3.71. The van der Waals surface area contributed by atoms with E-state index in [1.807, 2.05) is 12.1 Å². The first kappa shape index (κ1) is 11.4. The van der Waals surface area contributed by atoms with Crippen LogP contribution in [-0.4, -0.2) is 10.1 Å². The summed E-state index contributed by atoms with van der Waals surface area (Å²) in [7, 11) is 0. The average molecular weight is 233 g/mol. The van der Waals surface area contributed by atoms with Crippen LogP contribution in [-0.2, 0) is 13.0 Å². The predicted molar refractivity (Wildman–Crippen MR) is 63.5 cm³/mol. The summed E-state index contributed by atoms with van der Waals surface area (Å²) < 4.78 is 10.5. The molecule has 2 aromatic rings. The Morgan fingerprint density at radius 1 is 1.29 bits per heavy atom. The van der Waals surface area contributed by atoms with E-state index in [4.69, 9.17) is 15.0 Å². The lowest BCUT2D eigenvalue weighted by Gasteiger charge is -2.02. The van der Waals surface area contributed by atoms with Crippen LogP contribution < -0.4 is 10.5 Å². The minimum Gasteiger partial charge on any atom is -0.485 e. The van der Waals surface area contributed by atoms with Crippen molar-refractivity contribution < 1.29 is 9.26 Å². The summed E-state index contributed by atoms with van der Waals surface area (Å²) in [6.45, 7) is 2.37. The fourth-order valence-corrected chi connectivity index (χ4v) is 1.38. The van der Waals surface area contributed by atoms with Gasteiger partial charge in [-0.15, -0.1) is 0 Å². The van der Waals surface area contributed by atoms with Gasteiger partial charge in [0.1, 0.15) is 5.75 Å². The normalized spacial score (nSPS) is 10.4. The number of rotatable bonds is 5. The summed E-state index contributed by atoms with van der Waals surface area (Å²) in [6.07, 6.45) is 1.79. The van der Waals surface area contributed by atoms with Gasteiger partial charge in [0, 0.05) is 12.1 Å². The summed E-state index contributed by atoms with van der Waals surface area (Å²) in [4.78, 5) is 4.21. The molecule has 0 spiro atoms. The fourth-order valence-electron chi connectivity index (χ4n) is 1.38. The molecule has 0 aliphatic heterocycles. The number of hydrogen-bond acceptors (Lipinski definition) is 5. The second kappa shape index (κ2) is 5.34. The van der Waals surface area contributed by atoms with E-state index in [1.54, 1.807) is 12.1 Å². The Balaban J connectivity index is 1.90. The van der Waals surface area contributed by atoms with Crippen LogP contribution in [0.4, 0.5) is 5.69 Å². The van der Waals surface area contributed by atoms with Crippen molar-refractivity contribution in [2.24, 2.45) is 0 Å². The molecule has 0 atom stereocenters. The molecule has 0 aliphatic carbocycles. The molecule has 5 heteroatoms. The SMILES string of the molecule is CCCc1nc(COc2ccc(N)cc2)no1. The summed E-state index contributed by atoms with van der Waals surface area (Å²) in [5, 5.41) is 3.83. The summed E-state index contributed by atoms with van der Waals surface area (Å²) >= 11 is 0. The maximum atomic E-state index is 5.58. The molecule has 0 aliphatic rings. The first-order chi connectivity index (χ1) is 8.28. The van der Waals surface area contributed by atoms with Gasteiger partial charge in [-0.2, -0.15) is 4.98 Å². The molecule has 0 saturated carbocycles. The van der Waals surface area contributed by atoms with Gasteiger partial charge in [-0.05, 0) is 30.7 Å². The molecule has 0 radical (unpaired) electrons. The van der Waals surface area contributed by atoms with Crippen LogP contribution in [0.1, 0.15) is 25.1 Å². The van der Waals surface area contributed by atoms with E-state index in [0.29, 0.717) is 24.0 Å². The summed E-state index contributed by atoms with van der Waals surface area (Å²) in [5.74, 6) is 1.95. The molecule has 1 heterocycles. The zero-order chi connectivity index (χ0) is 12.1. The van der Waals surface area contributed by atoms with Crippen LogP contribution in [0, 0.1) is 0 Å². The van der Waals surface area contributed by atoms with Gasteiger partial charge >= 0.3 is 0 Å². The number of nitrogens with zero attached hydrogens (tertiary/aromatic N) is 2. The van der Waals surface area contributed by atoms with Gasteiger partial charge in [-0.3, -0.25) is 0 Å². The van der Waals surface area contributed by atoms with Gasteiger partial charge in [0.05, 0.1) is 0 Å². The minimum atomic E-state index is 0.303. The van der Waals surface area contributed by atoms with Crippen molar-refractivity contribution in [2.75, 3.05) is 5.73 Å². The van der Waals surface area contributed by atoms with Crippen LogP contribution in [0.25, 0.3) is 0 Å². The molecule has 0 amide bonds.